The smallest absolute Gasteiger partial charge is 0.269 e. The lowest BCUT2D eigenvalue weighted by Crippen LogP contribution is -2.52. The monoisotopic (exact) mass is 514 g/mol. The van der Waals surface area contributed by atoms with Crippen molar-refractivity contribution >= 4 is 40.5 Å². The van der Waals surface area contributed by atoms with Crippen LogP contribution in [-0.4, -0.2) is 22.8 Å². The van der Waals surface area contributed by atoms with E-state index in [2.05, 4.69) is 10.9 Å². The molecule has 1 atom stereocenters. The molecule has 0 saturated heterocycles. The van der Waals surface area contributed by atoms with Gasteiger partial charge in [-0.3, -0.25) is 35.5 Å². The van der Waals surface area contributed by atoms with Gasteiger partial charge >= 0.3 is 0 Å². The first-order valence-corrected chi connectivity index (χ1v) is 11.8. The van der Waals surface area contributed by atoms with E-state index in [-0.39, 0.29) is 12.1 Å². The number of anilines is 2. The van der Waals surface area contributed by atoms with Crippen LogP contribution < -0.4 is 15.8 Å². The number of nitro groups is 1. The summed E-state index contributed by atoms with van der Waals surface area (Å²) in [6.45, 7) is 0. The van der Waals surface area contributed by atoms with Gasteiger partial charge < -0.3 is 0 Å². The fraction of sp³-hybridized carbons (Fsp3) is 0.0714. The molecule has 8 nitrogen and oxygen atoms in total. The largest absolute Gasteiger partial charge is 0.299 e. The molecule has 0 aromatic heterocycles. The molecule has 0 unspecified atom stereocenters. The van der Waals surface area contributed by atoms with Gasteiger partial charge in [0.1, 0.15) is 6.04 Å². The van der Waals surface area contributed by atoms with Crippen molar-refractivity contribution in [3.8, 4) is 0 Å². The van der Waals surface area contributed by atoms with Crippen molar-refractivity contribution in [2.24, 2.45) is 0 Å². The van der Waals surface area contributed by atoms with Crippen LogP contribution in [-0.2, 0) is 11.2 Å². The van der Waals surface area contributed by atoms with Crippen LogP contribution in [0.15, 0.2) is 109 Å². The molecule has 0 saturated carbocycles. The first-order chi connectivity index (χ1) is 17.9. The van der Waals surface area contributed by atoms with E-state index in [1.807, 2.05) is 18.2 Å². The maximum atomic E-state index is 13.8. The number of carbonyl (C=O) groups excluding carboxylic acids is 2. The molecule has 0 heterocycles. The Balaban J connectivity index is 1.74. The average molecular weight is 515 g/mol. The second kappa shape index (κ2) is 11.8. The summed E-state index contributed by atoms with van der Waals surface area (Å²) in [6.07, 6.45) is 0.0887. The quantitative estimate of drug-likeness (QED) is 0.222. The molecule has 0 aliphatic rings. The molecule has 4 aromatic rings. The maximum Gasteiger partial charge on any atom is 0.269 e. The van der Waals surface area contributed by atoms with Gasteiger partial charge in [-0.05, 0) is 48.0 Å². The summed E-state index contributed by atoms with van der Waals surface area (Å²) in [5.74, 6) is -0.879. The summed E-state index contributed by atoms with van der Waals surface area (Å²) in [5, 5.41) is 11.5. The van der Waals surface area contributed by atoms with Crippen LogP contribution in [0.25, 0.3) is 0 Å². The van der Waals surface area contributed by atoms with Gasteiger partial charge in [-0.2, -0.15) is 0 Å². The number of hydrogen-bond acceptors (Lipinski definition) is 5. The lowest BCUT2D eigenvalue weighted by molar-refractivity contribution is -0.384. The lowest BCUT2D eigenvalue weighted by atomic mass is 10.0. The number of hydrogen-bond donors (Lipinski definition) is 2. The Morgan fingerprint density at radius 3 is 2.14 bits per heavy atom. The van der Waals surface area contributed by atoms with E-state index in [9.17, 15) is 19.7 Å². The highest BCUT2D eigenvalue weighted by Crippen LogP contribution is 2.26. The van der Waals surface area contributed by atoms with Crippen molar-refractivity contribution in [3.05, 3.63) is 135 Å². The minimum absolute atomic E-state index is 0.0671. The van der Waals surface area contributed by atoms with E-state index in [1.165, 1.54) is 17.0 Å². The molecule has 9 heteroatoms. The number of para-hydroxylation sites is 1. The Hall–Kier alpha value is -4.69. The van der Waals surface area contributed by atoms with Crippen LogP contribution in [0.1, 0.15) is 15.9 Å². The number of halogens is 1. The Bertz CT molecular complexity index is 1380. The zero-order chi connectivity index (χ0) is 26.2. The molecule has 2 amide bonds. The zero-order valence-electron chi connectivity index (χ0n) is 19.6. The van der Waals surface area contributed by atoms with E-state index in [1.54, 1.807) is 78.9 Å². The summed E-state index contributed by atoms with van der Waals surface area (Å²) in [6, 6.07) is 29.2. The van der Waals surface area contributed by atoms with Crippen LogP contribution in [0.2, 0.25) is 5.02 Å². The molecule has 0 aliphatic heterocycles. The molecule has 0 fully saturated rings. The Morgan fingerprint density at radius 2 is 1.51 bits per heavy atom. The second-order valence-corrected chi connectivity index (χ2v) is 8.58. The fourth-order valence-corrected chi connectivity index (χ4v) is 3.99. The number of nitro benzene ring substituents is 1. The number of non-ortho nitro benzene ring substituents is 1. The molecule has 4 aromatic carbocycles. The molecule has 37 heavy (non-hydrogen) atoms. The number of rotatable bonds is 9. The molecular weight excluding hydrogens is 492 g/mol. The third-order valence-corrected chi connectivity index (χ3v) is 5.86. The van der Waals surface area contributed by atoms with E-state index in [0.717, 1.165) is 0 Å². The number of hydrazine groups is 1. The zero-order valence-corrected chi connectivity index (χ0v) is 20.3. The Kier molecular flexibility index (Phi) is 8.12. The number of carbonyl (C=O) groups is 2. The molecular formula is C28H23ClN4O4. The standard InChI is InChI=1S/C28H23ClN4O4/c29-22-10-7-13-25(19-22)32(28(35)21-8-3-1-4-9-21)26(18-20-14-16-24(17-15-20)33(36)37)27(34)31-30-23-11-5-2-6-12-23/h1-17,19,26,30H,18H2,(H,31,34)/t26-/m0/s1. The van der Waals surface area contributed by atoms with E-state index < -0.39 is 22.8 Å². The van der Waals surface area contributed by atoms with Crippen molar-refractivity contribution < 1.29 is 14.5 Å². The molecule has 0 radical (unpaired) electrons. The first-order valence-electron chi connectivity index (χ1n) is 11.4. The maximum absolute atomic E-state index is 13.8. The molecule has 0 spiro atoms. The van der Waals surface area contributed by atoms with Crippen LogP contribution >= 0.6 is 11.6 Å². The fourth-order valence-electron chi connectivity index (χ4n) is 3.80. The van der Waals surface area contributed by atoms with Gasteiger partial charge in [0.25, 0.3) is 17.5 Å². The van der Waals surface area contributed by atoms with Crippen LogP contribution in [0.3, 0.4) is 0 Å². The summed E-state index contributed by atoms with van der Waals surface area (Å²) in [4.78, 5) is 39.4. The van der Waals surface area contributed by atoms with Gasteiger partial charge in [-0.1, -0.05) is 66.2 Å². The highest BCUT2D eigenvalue weighted by molar-refractivity contribution is 6.31. The van der Waals surface area contributed by atoms with Crippen molar-refractivity contribution in [1.82, 2.24) is 5.43 Å². The lowest BCUT2D eigenvalue weighted by Gasteiger charge is -2.31. The Morgan fingerprint density at radius 1 is 0.865 bits per heavy atom. The van der Waals surface area contributed by atoms with Gasteiger partial charge in [0.05, 0.1) is 10.6 Å². The van der Waals surface area contributed by atoms with E-state index >= 15 is 0 Å². The van der Waals surface area contributed by atoms with Crippen LogP contribution in [0, 0.1) is 10.1 Å². The second-order valence-electron chi connectivity index (χ2n) is 8.14. The van der Waals surface area contributed by atoms with Crippen molar-refractivity contribution in [2.45, 2.75) is 12.5 Å². The first kappa shape index (κ1) is 25.4. The van der Waals surface area contributed by atoms with Crippen LogP contribution in [0.4, 0.5) is 17.1 Å². The third-order valence-electron chi connectivity index (χ3n) is 5.62. The number of nitrogens with zero attached hydrogens (tertiary/aromatic N) is 2. The minimum Gasteiger partial charge on any atom is -0.299 e. The van der Waals surface area contributed by atoms with Crippen molar-refractivity contribution in [1.29, 1.82) is 0 Å². The van der Waals surface area contributed by atoms with Crippen molar-refractivity contribution in [3.63, 3.8) is 0 Å². The van der Waals surface area contributed by atoms with Gasteiger partial charge in [0.2, 0.25) is 0 Å². The highest BCUT2D eigenvalue weighted by Gasteiger charge is 2.32. The van der Waals surface area contributed by atoms with Gasteiger partial charge in [-0.15, -0.1) is 0 Å². The highest BCUT2D eigenvalue weighted by atomic mass is 35.5. The summed E-state index contributed by atoms with van der Waals surface area (Å²) < 4.78 is 0. The van der Waals surface area contributed by atoms with Gasteiger partial charge in [0, 0.05) is 34.8 Å². The molecule has 4 rings (SSSR count). The molecule has 0 aliphatic carbocycles. The SMILES string of the molecule is O=C(NNc1ccccc1)[C@H](Cc1ccc([N+](=O)[O-])cc1)N(C(=O)c1ccccc1)c1cccc(Cl)c1. The number of amides is 2. The predicted octanol–water partition coefficient (Wildman–Crippen LogP) is 5.65. The van der Waals surface area contributed by atoms with Gasteiger partial charge in [-0.25, -0.2) is 0 Å². The predicted molar refractivity (Wildman–Crippen MR) is 143 cm³/mol. The molecule has 186 valence electrons. The third kappa shape index (κ3) is 6.50. The van der Waals surface area contributed by atoms with Crippen molar-refractivity contribution in [2.75, 3.05) is 10.3 Å². The molecule has 2 N–H and O–H groups in total. The Labute approximate surface area is 218 Å². The average Bonchev–Trinajstić information content (AvgIpc) is 2.92. The topological polar surface area (TPSA) is 105 Å². The van der Waals surface area contributed by atoms with E-state index in [4.69, 9.17) is 11.6 Å². The minimum atomic E-state index is -1.02. The number of benzene rings is 4. The summed E-state index contributed by atoms with van der Waals surface area (Å²) >= 11 is 6.26. The molecule has 0 bridgehead atoms. The summed E-state index contributed by atoms with van der Waals surface area (Å²) in [5.41, 5.74) is 7.63. The summed E-state index contributed by atoms with van der Waals surface area (Å²) in [7, 11) is 0. The van der Waals surface area contributed by atoms with Crippen LogP contribution in [0.5, 0.6) is 0 Å². The van der Waals surface area contributed by atoms with Gasteiger partial charge in [0.15, 0.2) is 0 Å². The normalized spacial score (nSPS) is 11.3. The number of nitrogens with one attached hydrogen (secondary N) is 2. The van der Waals surface area contributed by atoms with E-state index in [0.29, 0.717) is 27.5 Å².